The SMILES string of the molecule is Cl.NC1(c2noc(-c3noc4c3CCCC4)n2)CCC1. The Balaban J connectivity index is 0.00000121. The quantitative estimate of drug-likeness (QED) is 0.915. The summed E-state index contributed by atoms with van der Waals surface area (Å²) in [6.07, 6.45) is 7.20. The number of rotatable bonds is 2. The van der Waals surface area contributed by atoms with Crippen molar-refractivity contribution in [3.05, 3.63) is 17.1 Å². The van der Waals surface area contributed by atoms with Gasteiger partial charge in [0, 0.05) is 12.0 Å². The van der Waals surface area contributed by atoms with E-state index in [1.165, 1.54) is 0 Å². The van der Waals surface area contributed by atoms with Gasteiger partial charge in [-0.2, -0.15) is 4.98 Å². The van der Waals surface area contributed by atoms with Gasteiger partial charge in [0.1, 0.15) is 5.76 Å². The molecule has 2 N–H and O–H groups in total. The zero-order valence-corrected chi connectivity index (χ0v) is 11.9. The lowest BCUT2D eigenvalue weighted by atomic mass is 9.77. The summed E-state index contributed by atoms with van der Waals surface area (Å²) < 4.78 is 10.7. The second kappa shape index (κ2) is 4.86. The van der Waals surface area contributed by atoms with E-state index in [4.69, 9.17) is 14.8 Å². The first-order chi connectivity index (χ1) is 9.26. The first-order valence-electron chi connectivity index (χ1n) is 6.87. The average molecular weight is 297 g/mol. The Morgan fingerprint density at radius 3 is 2.55 bits per heavy atom. The number of nitrogens with zero attached hydrogens (tertiary/aromatic N) is 3. The molecule has 6 nitrogen and oxygen atoms in total. The van der Waals surface area contributed by atoms with Crippen molar-refractivity contribution in [1.29, 1.82) is 0 Å². The van der Waals surface area contributed by atoms with E-state index >= 15 is 0 Å². The van der Waals surface area contributed by atoms with Gasteiger partial charge in [-0.1, -0.05) is 10.3 Å². The van der Waals surface area contributed by atoms with Gasteiger partial charge in [0.15, 0.2) is 11.5 Å². The highest BCUT2D eigenvalue weighted by molar-refractivity contribution is 5.85. The van der Waals surface area contributed by atoms with Crippen molar-refractivity contribution < 1.29 is 9.05 Å². The maximum Gasteiger partial charge on any atom is 0.280 e. The molecule has 0 radical (unpaired) electrons. The molecule has 0 atom stereocenters. The molecule has 0 aliphatic heterocycles. The molecule has 0 aromatic carbocycles. The molecule has 2 aliphatic carbocycles. The Labute approximate surface area is 122 Å². The first-order valence-corrected chi connectivity index (χ1v) is 6.87. The van der Waals surface area contributed by atoms with Crippen LogP contribution in [0.2, 0.25) is 0 Å². The lowest BCUT2D eigenvalue weighted by molar-refractivity contribution is 0.229. The smallest absolute Gasteiger partial charge is 0.280 e. The molecule has 20 heavy (non-hydrogen) atoms. The Morgan fingerprint density at radius 1 is 1.00 bits per heavy atom. The van der Waals surface area contributed by atoms with Crippen LogP contribution in [0.15, 0.2) is 9.05 Å². The third-order valence-electron chi connectivity index (χ3n) is 4.27. The standard InChI is InChI=1S/C13H16N4O2.ClH/c14-13(6-3-7-13)12-15-11(19-17-12)10-8-4-1-2-5-9(8)18-16-10;/h1-7,14H2;1H. The van der Waals surface area contributed by atoms with Crippen LogP contribution in [0.5, 0.6) is 0 Å². The summed E-state index contributed by atoms with van der Waals surface area (Å²) in [6, 6.07) is 0. The van der Waals surface area contributed by atoms with Crippen LogP contribution in [-0.2, 0) is 18.4 Å². The largest absolute Gasteiger partial charge is 0.360 e. The first kappa shape index (κ1) is 13.6. The highest BCUT2D eigenvalue weighted by Crippen LogP contribution is 2.38. The minimum absolute atomic E-state index is 0. The van der Waals surface area contributed by atoms with E-state index in [1.807, 2.05) is 0 Å². The summed E-state index contributed by atoms with van der Waals surface area (Å²) in [4.78, 5) is 4.43. The Morgan fingerprint density at radius 2 is 1.80 bits per heavy atom. The zero-order valence-electron chi connectivity index (χ0n) is 11.1. The van der Waals surface area contributed by atoms with Gasteiger partial charge in [-0.05, 0) is 38.5 Å². The van der Waals surface area contributed by atoms with Crippen LogP contribution in [0.4, 0.5) is 0 Å². The van der Waals surface area contributed by atoms with Crippen molar-refractivity contribution in [2.45, 2.75) is 50.5 Å². The molecule has 0 unspecified atom stereocenters. The fourth-order valence-electron chi connectivity index (χ4n) is 2.86. The maximum atomic E-state index is 6.20. The predicted octanol–water partition coefficient (Wildman–Crippen LogP) is 2.36. The number of halogens is 1. The molecule has 4 rings (SSSR count). The molecule has 2 aliphatic rings. The van der Waals surface area contributed by atoms with Gasteiger partial charge in [0.2, 0.25) is 0 Å². The minimum Gasteiger partial charge on any atom is -0.360 e. The van der Waals surface area contributed by atoms with Crippen molar-refractivity contribution in [2.24, 2.45) is 5.73 Å². The number of aromatic nitrogens is 3. The highest BCUT2D eigenvalue weighted by atomic mass is 35.5. The van der Waals surface area contributed by atoms with Gasteiger partial charge in [-0.3, -0.25) is 0 Å². The van der Waals surface area contributed by atoms with E-state index in [9.17, 15) is 0 Å². The molecule has 7 heteroatoms. The normalized spacial score (nSPS) is 19.9. The van der Waals surface area contributed by atoms with Gasteiger partial charge >= 0.3 is 0 Å². The number of nitrogens with two attached hydrogens (primary N) is 1. The molecule has 2 aromatic rings. The lowest BCUT2D eigenvalue weighted by Crippen LogP contribution is -2.44. The fourth-order valence-corrected chi connectivity index (χ4v) is 2.86. The molecule has 0 spiro atoms. The lowest BCUT2D eigenvalue weighted by Gasteiger charge is -2.34. The van der Waals surface area contributed by atoms with Crippen LogP contribution in [0, 0.1) is 0 Å². The molecule has 0 saturated heterocycles. The molecule has 0 bridgehead atoms. The van der Waals surface area contributed by atoms with Gasteiger partial charge in [0.05, 0.1) is 5.54 Å². The summed E-state index contributed by atoms with van der Waals surface area (Å²) in [5.41, 5.74) is 7.63. The molecule has 108 valence electrons. The number of hydrogen-bond acceptors (Lipinski definition) is 6. The molecule has 2 aromatic heterocycles. The van der Waals surface area contributed by atoms with Crippen molar-refractivity contribution in [1.82, 2.24) is 15.3 Å². The van der Waals surface area contributed by atoms with Crippen molar-refractivity contribution in [3.63, 3.8) is 0 Å². The summed E-state index contributed by atoms with van der Waals surface area (Å²) in [7, 11) is 0. The monoisotopic (exact) mass is 296 g/mol. The number of hydrogen-bond donors (Lipinski definition) is 1. The summed E-state index contributed by atoms with van der Waals surface area (Å²) >= 11 is 0. The van der Waals surface area contributed by atoms with E-state index in [2.05, 4.69) is 15.3 Å². The van der Waals surface area contributed by atoms with E-state index in [-0.39, 0.29) is 12.4 Å². The Hall–Kier alpha value is -1.40. The van der Waals surface area contributed by atoms with Gasteiger partial charge in [-0.15, -0.1) is 12.4 Å². The van der Waals surface area contributed by atoms with Crippen molar-refractivity contribution in [2.75, 3.05) is 0 Å². The topological polar surface area (TPSA) is 91.0 Å². The zero-order chi connectivity index (χ0) is 12.9. The summed E-state index contributed by atoms with van der Waals surface area (Å²) in [5, 5.41) is 8.12. The van der Waals surface area contributed by atoms with Crippen LogP contribution in [0.1, 0.15) is 49.3 Å². The van der Waals surface area contributed by atoms with Gasteiger partial charge in [-0.25, -0.2) is 0 Å². The predicted molar refractivity (Wildman–Crippen MR) is 73.4 cm³/mol. The van der Waals surface area contributed by atoms with Crippen LogP contribution >= 0.6 is 12.4 Å². The third kappa shape index (κ3) is 1.94. The Bertz CT molecular complexity index is 618. The van der Waals surface area contributed by atoms with Crippen molar-refractivity contribution in [3.8, 4) is 11.6 Å². The minimum atomic E-state index is -0.397. The third-order valence-corrected chi connectivity index (χ3v) is 4.27. The van der Waals surface area contributed by atoms with Crippen LogP contribution in [-0.4, -0.2) is 15.3 Å². The Kier molecular flexibility index (Phi) is 3.30. The molecule has 0 amide bonds. The highest BCUT2D eigenvalue weighted by Gasteiger charge is 2.39. The summed E-state index contributed by atoms with van der Waals surface area (Å²) in [5.74, 6) is 2.01. The van der Waals surface area contributed by atoms with Crippen LogP contribution in [0.3, 0.4) is 0 Å². The molecular weight excluding hydrogens is 280 g/mol. The number of aryl methyl sites for hydroxylation is 1. The van der Waals surface area contributed by atoms with Crippen LogP contribution < -0.4 is 5.73 Å². The molecule has 1 saturated carbocycles. The van der Waals surface area contributed by atoms with E-state index in [0.717, 1.165) is 56.3 Å². The second-order valence-corrected chi connectivity index (χ2v) is 5.57. The summed E-state index contributed by atoms with van der Waals surface area (Å²) in [6.45, 7) is 0. The van der Waals surface area contributed by atoms with Crippen molar-refractivity contribution >= 4 is 12.4 Å². The van der Waals surface area contributed by atoms with Crippen LogP contribution in [0.25, 0.3) is 11.6 Å². The second-order valence-electron chi connectivity index (χ2n) is 5.57. The van der Waals surface area contributed by atoms with Gasteiger partial charge in [0.25, 0.3) is 5.89 Å². The average Bonchev–Trinajstić information content (AvgIpc) is 3.02. The van der Waals surface area contributed by atoms with Gasteiger partial charge < -0.3 is 14.8 Å². The van der Waals surface area contributed by atoms with E-state index < -0.39 is 5.54 Å². The van der Waals surface area contributed by atoms with E-state index in [1.54, 1.807) is 0 Å². The fraction of sp³-hybridized carbons (Fsp3) is 0.615. The van der Waals surface area contributed by atoms with E-state index in [0.29, 0.717) is 17.4 Å². The molecule has 2 heterocycles. The maximum absolute atomic E-state index is 6.20. The molecular formula is C13H17ClN4O2. The number of fused-ring (bicyclic) bond motifs is 1. The molecule has 1 fully saturated rings.